The second kappa shape index (κ2) is 4.54. The maximum atomic E-state index is 4.63. The van der Waals surface area contributed by atoms with Crippen molar-refractivity contribution >= 4 is 5.82 Å². The number of nitrogens with zero attached hydrogens (tertiary/aromatic N) is 3. The van der Waals surface area contributed by atoms with Crippen LogP contribution in [0.3, 0.4) is 0 Å². The number of pyridine rings is 1. The van der Waals surface area contributed by atoms with Crippen molar-refractivity contribution < 1.29 is 4.52 Å². The van der Waals surface area contributed by atoms with Gasteiger partial charge in [0.25, 0.3) is 0 Å². The predicted octanol–water partition coefficient (Wildman–Crippen LogP) is 1.43. The van der Waals surface area contributed by atoms with Gasteiger partial charge in [0.15, 0.2) is 5.82 Å². The molecule has 0 aliphatic rings. The van der Waals surface area contributed by atoms with E-state index in [1.165, 1.54) is 12.0 Å². The molecule has 15 heavy (non-hydrogen) atoms. The molecule has 5 nitrogen and oxygen atoms in total. The summed E-state index contributed by atoms with van der Waals surface area (Å²) in [4.78, 5) is 8.11. The van der Waals surface area contributed by atoms with E-state index < -0.39 is 0 Å². The molecule has 0 atom stereocenters. The van der Waals surface area contributed by atoms with Crippen molar-refractivity contribution in [1.82, 2.24) is 15.1 Å². The van der Waals surface area contributed by atoms with Crippen molar-refractivity contribution in [2.75, 3.05) is 11.9 Å². The van der Waals surface area contributed by atoms with Crippen LogP contribution in [0.25, 0.3) is 0 Å². The Morgan fingerprint density at radius 3 is 3.07 bits per heavy atom. The van der Waals surface area contributed by atoms with Gasteiger partial charge in [0.05, 0.1) is 0 Å². The minimum absolute atomic E-state index is 0.704. The zero-order valence-electron chi connectivity index (χ0n) is 8.47. The molecular formula is C10H12N4O. The summed E-state index contributed by atoms with van der Waals surface area (Å²) in [7, 11) is 0. The fourth-order valence-electron chi connectivity index (χ4n) is 1.24. The number of hydrogen-bond donors (Lipinski definition) is 1. The molecule has 78 valence electrons. The second-order valence-corrected chi connectivity index (χ2v) is 3.24. The van der Waals surface area contributed by atoms with Gasteiger partial charge in [-0.2, -0.15) is 4.98 Å². The van der Waals surface area contributed by atoms with Crippen molar-refractivity contribution in [3.63, 3.8) is 0 Å². The highest BCUT2D eigenvalue weighted by Gasteiger charge is 1.98. The van der Waals surface area contributed by atoms with Gasteiger partial charge in [0.2, 0.25) is 6.39 Å². The average molecular weight is 204 g/mol. The third-order valence-corrected chi connectivity index (χ3v) is 1.98. The SMILES string of the molecule is Cc1ccnc(NCCc2ncon2)c1. The van der Waals surface area contributed by atoms with Crippen molar-refractivity contribution in [2.24, 2.45) is 0 Å². The third kappa shape index (κ3) is 2.77. The molecule has 0 amide bonds. The minimum atomic E-state index is 0.704. The molecule has 0 aliphatic heterocycles. The van der Waals surface area contributed by atoms with Gasteiger partial charge in [-0.05, 0) is 24.6 Å². The van der Waals surface area contributed by atoms with Gasteiger partial charge >= 0.3 is 0 Å². The predicted molar refractivity (Wildman–Crippen MR) is 55.5 cm³/mol. The maximum absolute atomic E-state index is 4.63. The zero-order valence-corrected chi connectivity index (χ0v) is 8.47. The number of rotatable bonds is 4. The normalized spacial score (nSPS) is 10.2. The first-order valence-corrected chi connectivity index (χ1v) is 4.76. The van der Waals surface area contributed by atoms with Gasteiger partial charge in [-0.3, -0.25) is 0 Å². The first kappa shape index (κ1) is 9.64. The van der Waals surface area contributed by atoms with Gasteiger partial charge in [-0.1, -0.05) is 5.16 Å². The minimum Gasteiger partial charge on any atom is -0.370 e. The molecule has 0 fully saturated rings. The highest BCUT2D eigenvalue weighted by atomic mass is 16.5. The Bertz CT molecular complexity index is 413. The molecule has 0 aromatic carbocycles. The molecular weight excluding hydrogens is 192 g/mol. The Labute approximate surface area is 87.5 Å². The van der Waals surface area contributed by atoms with Gasteiger partial charge < -0.3 is 9.84 Å². The molecule has 0 saturated carbocycles. The molecule has 2 aromatic heterocycles. The third-order valence-electron chi connectivity index (χ3n) is 1.98. The van der Waals surface area contributed by atoms with E-state index in [9.17, 15) is 0 Å². The van der Waals surface area contributed by atoms with E-state index in [0.717, 1.165) is 18.8 Å². The summed E-state index contributed by atoms with van der Waals surface area (Å²) in [5, 5.41) is 6.91. The van der Waals surface area contributed by atoms with Gasteiger partial charge in [-0.15, -0.1) is 0 Å². The highest BCUT2D eigenvalue weighted by molar-refractivity contribution is 5.36. The molecule has 0 radical (unpaired) electrons. The quantitative estimate of drug-likeness (QED) is 0.816. The molecule has 2 aromatic rings. The van der Waals surface area contributed by atoms with Crippen molar-refractivity contribution in [3.05, 3.63) is 36.1 Å². The number of anilines is 1. The number of hydrogen-bond acceptors (Lipinski definition) is 5. The molecule has 0 saturated heterocycles. The van der Waals surface area contributed by atoms with Crippen LogP contribution in [0.1, 0.15) is 11.4 Å². The summed E-state index contributed by atoms with van der Waals surface area (Å²) in [5.74, 6) is 1.58. The lowest BCUT2D eigenvalue weighted by atomic mass is 10.3. The molecule has 0 bridgehead atoms. The van der Waals surface area contributed by atoms with Crippen LogP contribution >= 0.6 is 0 Å². The summed E-state index contributed by atoms with van der Waals surface area (Å²) in [6.07, 6.45) is 3.85. The smallest absolute Gasteiger partial charge is 0.213 e. The van der Waals surface area contributed by atoms with E-state index in [0.29, 0.717) is 5.82 Å². The van der Waals surface area contributed by atoms with Crippen molar-refractivity contribution in [1.29, 1.82) is 0 Å². The highest BCUT2D eigenvalue weighted by Crippen LogP contribution is 2.04. The van der Waals surface area contributed by atoms with Gasteiger partial charge in [-0.25, -0.2) is 4.98 Å². The van der Waals surface area contributed by atoms with Gasteiger partial charge in [0, 0.05) is 19.2 Å². The first-order valence-electron chi connectivity index (χ1n) is 4.76. The lowest BCUT2D eigenvalue weighted by molar-refractivity contribution is 0.410. The Morgan fingerprint density at radius 2 is 2.33 bits per heavy atom. The van der Waals surface area contributed by atoms with E-state index in [1.807, 2.05) is 19.1 Å². The molecule has 0 aliphatic carbocycles. The first-order chi connectivity index (χ1) is 7.34. The molecule has 2 heterocycles. The van der Waals surface area contributed by atoms with Gasteiger partial charge in [0.1, 0.15) is 5.82 Å². The fourth-order valence-corrected chi connectivity index (χ4v) is 1.24. The van der Waals surface area contributed by atoms with Crippen LogP contribution in [0.15, 0.2) is 29.2 Å². The molecule has 0 unspecified atom stereocenters. The summed E-state index contributed by atoms with van der Waals surface area (Å²) >= 11 is 0. The lowest BCUT2D eigenvalue weighted by Gasteiger charge is -2.03. The monoisotopic (exact) mass is 204 g/mol. The topological polar surface area (TPSA) is 63.8 Å². The number of aromatic nitrogens is 3. The maximum Gasteiger partial charge on any atom is 0.213 e. The van der Waals surface area contributed by atoms with E-state index in [1.54, 1.807) is 6.20 Å². The van der Waals surface area contributed by atoms with E-state index in [4.69, 9.17) is 0 Å². The summed E-state index contributed by atoms with van der Waals surface area (Å²) in [6.45, 7) is 2.78. The second-order valence-electron chi connectivity index (χ2n) is 3.24. The Balaban J connectivity index is 1.83. The van der Waals surface area contributed by atoms with Crippen molar-refractivity contribution in [2.45, 2.75) is 13.3 Å². The standard InChI is InChI=1S/C10H12N4O/c1-8-2-4-11-10(6-8)12-5-3-9-13-7-15-14-9/h2,4,6-7H,3,5H2,1H3,(H,11,12). The Hall–Kier alpha value is -1.91. The number of aryl methyl sites for hydroxylation is 1. The summed E-state index contributed by atoms with van der Waals surface area (Å²) < 4.78 is 4.63. The molecule has 0 spiro atoms. The molecule has 5 heteroatoms. The molecule has 1 N–H and O–H groups in total. The zero-order chi connectivity index (χ0) is 10.5. The van der Waals surface area contributed by atoms with Crippen LogP contribution in [0.2, 0.25) is 0 Å². The van der Waals surface area contributed by atoms with Crippen LogP contribution in [-0.2, 0) is 6.42 Å². The number of nitrogens with one attached hydrogen (secondary N) is 1. The summed E-state index contributed by atoms with van der Waals surface area (Å²) in [6, 6.07) is 3.96. The van der Waals surface area contributed by atoms with Crippen LogP contribution < -0.4 is 5.32 Å². The van der Waals surface area contributed by atoms with E-state index >= 15 is 0 Å². The van der Waals surface area contributed by atoms with Crippen LogP contribution in [-0.4, -0.2) is 21.7 Å². The van der Waals surface area contributed by atoms with E-state index in [-0.39, 0.29) is 0 Å². The molecule has 2 rings (SSSR count). The van der Waals surface area contributed by atoms with Crippen LogP contribution in [0, 0.1) is 6.92 Å². The Kier molecular flexibility index (Phi) is 2.92. The van der Waals surface area contributed by atoms with Crippen LogP contribution in [0.4, 0.5) is 5.82 Å². The van der Waals surface area contributed by atoms with E-state index in [2.05, 4.69) is 25.0 Å². The summed E-state index contributed by atoms with van der Waals surface area (Å²) in [5.41, 5.74) is 1.19. The largest absolute Gasteiger partial charge is 0.370 e. The van der Waals surface area contributed by atoms with Crippen LogP contribution in [0.5, 0.6) is 0 Å². The lowest BCUT2D eigenvalue weighted by Crippen LogP contribution is -2.07. The average Bonchev–Trinajstić information content (AvgIpc) is 2.71. The fraction of sp³-hybridized carbons (Fsp3) is 0.300. The van der Waals surface area contributed by atoms with Crippen molar-refractivity contribution in [3.8, 4) is 0 Å². The Morgan fingerprint density at radius 1 is 1.40 bits per heavy atom.